The maximum Gasteiger partial charge on any atom is 0.387 e. The average Bonchev–Trinajstić information content (AvgIpc) is 2.20. The monoisotopic (exact) mass is 230 g/mol. The Bertz CT molecular complexity index is 370. The van der Waals surface area contributed by atoms with E-state index in [0.717, 1.165) is 0 Å². The smallest absolute Gasteiger partial charge is 0.387 e. The number of para-hydroxylation sites is 2. The summed E-state index contributed by atoms with van der Waals surface area (Å²) in [4.78, 5) is 11.3. The van der Waals surface area contributed by atoms with E-state index in [1.54, 1.807) is 6.07 Å². The minimum absolute atomic E-state index is 0.0912. The van der Waals surface area contributed by atoms with Crippen LogP contribution in [0.15, 0.2) is 24.3 Å². The molecule has 1 atom stereocenters. The minimum atomic E-state index is -2.94. The van der Waals surface area contributed by atoms with E-state index in [1.165, 1.54) is 25.1 Å². The predicted molar refractivity (Wildman–Crippen MR) is 55.4 cm³/mol. The summed E-state index contributed by atoms with van der Waals surface area (Å²) >= 11 is 0. The van der Waals surface area contributed by atoms with Crippen molar-refractivity contribution >= 4 is 11.6 Å². The molecule has 1 aromatic carbocycles. The Morgan fingerprint density at radius 3 is 2.62 bits per heavy atom. The number of halogens is 2. The Hall–Kier alpha value is -1.69. The maximum atomic E-state index is 12.0. The number of nitrogens with two attached hydrogens (primary N) is 1. The number of rotatable bonds is 4. The first-order valence-electron chi connectivity index (χ1n) is 4.61. The van der Waals surface area contributed by atoms with Crippen molar-refractivity contribution in [1.29, 1.82) is 0 Å². The molecule has 6 heteroatoms. The van der Waals surface area contributed by atoms with Crippen molar-refractivity contribution in [2.45, 2.75) is 19.6 Å². The van der Waals surface area contributed by atoms with Gasteiger partial charge in [0.25, 0.3) is 0 Å². The van der Waals surface area contributed by atoms with Crippen LogP contribution in [0.3, 0.4) is 0 Å². The first kappa shape index (κ1) is 12.4. The van der Waals surface area contributed by atoms with Gasteiger partial charge in [0.15, 0.2) is 0 Å². The van der Waals surface area contributed by atoms with Crippen molar-refractivity contribution in [3.05, 3.63) is 24.3 Å². The topological polar surface area (TPSA) is 64.4 Å². The molecule has 1 amide bonds. The van der Waals surface area contributed by atoms with Gasteiger partial charge in [-0.15, -0.1) is 0 Å². The van der Waals surface area contributed by atoms with Crippen LogP contribution in [0.5, 0.6) is 5.75 Å². The maximum absolute atomic E-state index is 12.0. The first-order chi connectivity index (χ1) is 7.50. The van der Waals surface area contributed by atoms with E-state index in [4.69, 9.17) is 5.73 Å². The minimum Gasteiger partial charge on any atom is -0.433 e. The fraction of sp³-hybridized carbons (Fsp3) is 0.300. The Kier molecular flexibility index (Phi) is 4.19. The molecule has 16 heavy (non-hydrogen) atoms. The largest absolute Gasteiger partial charge is 0.433 e. The molecule has 0 saturated carbocycles. The van der Waals surface area contributed by atoms with Crippen LogP contribution in [-0.4, -0.2) is 18.6 Å². The third-order valence-corrected chi connectivity index (χ3v) is 1.77. The van der Waals surface area contributed by atoms with Gasteiger partial charge in [-0.25, -0.2) is 0 Å². The molecule has 0 bridgehead atoms. The van der Waals surface area contributed by atoms with E-state index in [2.05, 4.69) is 10.1 Å². The normalized spacial score (nSPS) is 12.3. The number of carbonyl (C=O) groups is 1. The van der Waals surface area contributed by atoms with Crippen LogP contribution in [0, 0.1) is 0 Å². The Morgan fingerprint density at radius 2 is 2.06 bits per heavy atom. The third kappa shape index (κ3) is 3.47. The number of benzene rings is 1. The SMILES string of the molecule is C[C@@H](N)C(=O)Nc1ccccc1OC(F)F. The molecule has 0 spiro atoms. The number of nitrogens with one attached hydrogen (secondary N) is 1. The van der Waals surface area contributed by atoms with E-state index in [-0.39, 0.29) is 11.4 Å². The number of alkyl halides is 2. The Morgan fingerprint density at radius 1 is 1.44 bits per heavy atom. The van der Waals surface area contributed by atoms with Crippen LogP contribution in [-0.2, 0) is 4.79 Å². The zero-order valence-electron chi connectivity index (χ0n) is 8.61. The molecular formula is C10H12F2N2O2. The van der Waals surface area contributed by atoms with E-state index in [9.17, 15) is 13.6 Å². The highest BCUT2D eigenvalue weighted by molar-refractivity contribution is 5.95. The molecule has 0 unspecified atom stereocenters. The van der Waals surface area contributed by atoms with Gasteiger partial charge in [-0.2, -0.15) is 8.78 Å². The number of carbonyl (C=O) groups excluding carboxylic acids is 1. The number of ether oxygens (including phenoxy) is 1. The molecular weight excluding hydrogens is 218 g/mol. The second kappa shape index (κ2) is 5.41. The summed E-state index contributed by atoms with van der Waals surface area (Å²) in [6.45, 7) is -1.44. The van der Waals surface area contributed by atoms with Gasteiger partial charge < -0.3 is 15.8 Å². The Labute approximate surface area is 91.4 Å². The van der Waals surface area contributed by atoms with Crippen molar-refractivity contribution < 1.29 is 18.3 Å². The molecule has 4 nitrogen and oxygen atoms in total. The van der Waals surface area contributed by atoms with Crippen molar-refractivity contribution in [2.75, 3.05) is 5.32 Å². The summed E-state index contributed by atoms with van der Waals surface area (Å²) in [7, 11) is 0. The van der Waals surface area contributed by atoms with Crippen LogP contribution in [0.25, 0.3) is 0 Å². The fourth-order valence-corrected chi connectivity index (χ4v) is 1.02. The summed E-state index contributed by atoms with van der Waals surface area (Å²) in [5.41, 5.74) is 5.51. The number of amides is 1. The molecule has 3 N–H and O–H groups in total. The molecule has 88 valence electrons. The highest BCUT2D eigenvalue weighted by Crippen LogP contribution is 2.25. The predicted octanol–water partition coefficient (Wildman–Crippen LogP) is 1.57. The molecule has 1 rings (SSSR count). The molecule has 0 aromatic heterocycles. The van der Waals surface area contributed by atoms with Crippen molar-refractivity contribution in [2.24, 2.45) is 5.73 Å². The van der Waals surface area contributed by atoms with Gasteiger partial charge in [-0.1, -0.05) is 12.1 Å². The van der Waals surface area contributed by atoms with Crippen molar-refractivity contribution in [3.8, 4) is 5.75 Å². The fourth-order valence-electron chi connectivity index (χ4n) is 1.02. The zero-order valence-corrected chi connectivity index (χ0v) is 8.61. The van der Waals surface area contributed by atoms with Gasteiger partial charge in [-0.05, 0) is 19.1 Å². The van der Waals surface area contributed by atoms with Gasteiger partial charge in [0.1, 0.15) is 5.75 Å². The van der Waals surface area contributed by atoms with E-state index >= 15 is 0 Å². The number of anilines is 1. The second-order valence-corrected chi connectivity index (χ2v) is 3.15. The standard InChI is InChI=1S/C10H12F2N2O2/c1-6(13)9(15)14-7-4-2-3-5-8(7)16-10(11)12/h2-6,10H,13H2,1H3,(H,14,15)/t6-/m1/s1. The summed E-state index contributed by atoms with van der Waals surface area (Å²) < 4.78 is 28.3. The second-order valence-electron chi connectivity index (χ2n) is 3.15. The lowest BCUT2D eigenvalue weighted by atomic mass is 10.2. The van der Waals surface area contributed by atoms with Gasteiger partial charge in [0, 0.05) is 0 Å². The summed E-state index contributed by atoms with van der Waals surface area (Å²) in [6.07, 6.45) is 0. The van der Waals surface area contributed by atoms with Crippen LogP contribution < -0.4 is 15.8 Å². The molecule has 0 heterocycles. The van der Waals surface area contributed by atoms with Gasteiger partial charge >= 0.3 is 6.61 Å². The van der Waals surface area contributed by atoms with E-state index < -0.39 is 18.6 Å². The number of hydrogen-bond acceptors (Lipinski definition) is 3. The van der Waals surface area contributed by atoms with E-state index in [1.807, 2.05) is 0 Å². The lowest BCUT2D eigenvalue weighted by Crippen LogP contribution is -2.32. The third-order valence-electron chi connectivity index (χ3n) is 1.77. The zero-order chi connectivity index (χ0) is 12.1. The average molecular weight is 230 g/mol. The molecule has 0 aliphatic rings. The molecule has 0 saturated heterocycles. The molecule has 1 aromatic rings. The molecule has 0 aliphatic carbocycles. The van der Waals surface area contributed by atoms with E-state index in [0.29, 0.717) is 0 Å². The number of hydrogen-bond donors (Lipinski definition) is 2. The molecule has 0 aliphatic heterocycles. The van der Waals surface area contributed by atoms with Crippen LogP contribution in [0.2, 0.25) is 0 Å². The Balaban J connectivity index is 2.82. The summed E-state index contributed by atoms with van der Waals surface area (Å²) in [5, 5.41) is 2.39. The van der Waals surface area contributed by atoms with Gasteiger partial charge in [0.2, 0.25) is 5.91 Å². The highest BCUT2D eigenvalue weighted by atomic mass is 19.3. The van der Waals surface area contributed by atoms with Crippen molar-refractivity contribution in [1.82, 2.24) is 0 Å². The molecule has 0 radical (unpaired) electrons. The van der Waals surface area contributed by atoms with Crippen molar-refractivity contribution in [3.63, 3.8) is 0 Å². The lowest BCUT2D eigenvalue weighted by molar-refractivity contribution is -0.117. The lowest BCUT2D eigenvalue weighted by Gasteiger charge is -2.12. The van der Waals surface area contributed by atoms with Crippen LogP contribution >= 0.6 is 0 Å². The van der Waals surface area contributed by atoms with Crippen LogP contribution in [0.1, 0.15) is 6.92 Å². The summed E-state index contributed by atoms with van der Waals surface area (Å²) in [5.74, 6) is -0.559. The quantitative estimate of drug-likeness (QED) is 0.825. The first-order valence-corrected chi connectivity index (χ1v) is 4.61. The molecule has 0 fully saturated rings. The van der Waals surface area contributed by atoms with Gasteiger partial charge in [0.05, 0.1) is 11.7 Å². The van der Waals surface area contributed by atoms with Crippen LogP contribution in [0.4, 0.5) is 14.5 Å². The highest BCUT2D eigenvalue weighted by Gasteiger charge is 2.13. The summed E-state index contributed by atoms with van der Waals surface area (Å²) in [6, 6.07) is 5.19. The van der Waals surface area contributed by atoms with Gasteiger partial charge in [-0.3, -0.25) is 4.79 Å².